The highest BCUT2D eigenvalue weighted by Crippen LogP contribution is 2.17. The fourth-order valence-corrected chi connectivity index (χ4v) is 2.80. The van der Waals surface area contributed by atoms with Crippen LogP contribution in [0.1, 0.15) is 23.5 Å². The van der Waals surface area contributed by atoms with Crippen molar-refractivity contribution < 1.29 is 0 Å². The second-order valence-corrected chi connectivity index (χ2v) is 5.45. The number of aromatic nitrogens is 2. The van der Waals surface area contributed by atoms with Crippen LogP contribution in [-0.4, -0.2) is 22.6 Å². The highest BCUT2D eigenvalue weighted by atomic mass is 15.1. The number of benzene rings is 1. The topological polar surface area (TPSA) is 29.9 Å². The van der Waals surface area contributed by atoms with Crippen LogP contribution >= 0.6 is 0 Å². The van der Waals surface area contributed by atoms with Crippen molar-refractivity contribution in [1.29, 1.82) is 0 Å². The van der Waals surface area contributed by atoms with Crippen LogP contribution < -0.4 is 5.32 Å². The van der Waals surface area contributed by atoms with E-state index in [1.54, 1.807) is 0 Å². The van der Waals surface area contributed by atoms with Gasteiger partial charge in [-0.25, -0.2) is 4.98 Å². The van der Waals surface area contributed by atoms with Crippen molar-refractivity contribution in [2.45, 2.75) is 26.3 Å². The van der Waals surface area contributed by atoms with Crippen LogP contribution in [0.3, 0.4) is 0 Å². The zero-order chi connectivity index (χ0) is 13.1. The van der Waals surface area contributed by atoms with Gasteiger partial charge < -0.3 is 9.88 Å². The number of nitrogens with zero attached hydrogens (tertiary/aromatic N) is 2. The molecule has 19 heavy (non-hydrogen) atoms. The third-order valence-corrected chi connectivity index (χ3v) is 3.95. The summed E-state index contributed by atoms with van der Waals surface area (Å²) in [5.74, 6) is 1.98. The van der Waals surface area contributed by atoms with Crippen LogP contribution in [0.5, 0.6) is 0 Å². The lowest BCUT2D eigenvalue weighted by molar-refractivity contribution is 0.540. The van der Waals surface area contributed by atoms with E-state index in [1.165, 1.54) is 23.5 Å². The van der Waals surface area contributed by atoms with Gasteiger partial charge in [0.25, 0.3) is 0 Å². The van der Waals surface area contributed by atoms with E-state index >= 15 is 0 Å². The molecule has 1 aromatic heterocycles. The number of hydrogen-bond acceptors (Lipinski definition) is 2. The zero-order valence-corrected chi connectivity index (χ0v) is 11.5. The Morgan fingerprint density at radius 1 is 1.32 bits per heavy atom. The van der Waals surface area contributed by atoms with Crippen molar-refractivity contribution in [2.75, 3.05) is 13.1 Å². The van der Waals surface area contributed by atoms with E-state index < -0.39 is 0 Å². The predicted molar refractivity (Wildman–Crippen MR) is 77.2 cm³/mol. The fraction of sp³-hybridized carbons (Fsp3) is 0.438. The molecule has 1 aliphatic rings. The summed E-state index contributed by atoms with van der Waals surface area (Å²) in [7, 11) is 0. The summed E-state index contributed by atoms with van der Waals surface area (Å²) in [5.41, 5.74) is 2.60. The normalized spacial score (nSPS) is 18.9. The Hall–Kier alpha value is -1.61. The molecule has 0 radical (unpaired) electrons. The van der Waals surface area contributed by atoms with E-state index in [0.29, 0.717) is 0 Å². The van der Waals surface area contributed by atoms with Crippen LogP contribution in [0, 0.1) is 12.8 Å². The second kappa shape index (κ2) is 5.57. The lowest BCUT2D eigenvalue weighted by atomic mass is 10.0. The molecule has 1 N–H and O–H groups in total. The zero-order valence-electron chi connectivity index (χ0n) is 11.5. The molecule has 3 heteroatoms. The molecule has 0 aliphatic carbocycles. The molecule has 0 bridgehead atoms. The Bertz CT molecular complexity index is 524. The largest absolute Gasteiger partial charge is 0.328 e. The van der Waals surface area contributed by atoms with Crippen molar-refractivity contribution in [3.8, 4) is 0 Å². The molecule has 1 saturated heterocycles. The Balaban J connectivity index is 1.78. The maximum Gasteiger partial charge on any atom is 0.109 e. The average Bonchev–Trinajstić information content (AvgIpc) is 3.05. The summed E-state index contributed by atoms with van der Waals surface area (Å²) in [6, 6.07) is 10.6. The van der Waals surface area contributed by atoms with Crippen molar-refractivity contribution >= 4 is 0 Å². The predicted octanol–water partition coefficient (Wildman–Crippen LogP) is 2.39. The number of nitrogens with one attached hydrogen (secondary N) is 1. The summed E-state index contributed by atoms with van der Waals surface area (Å²) in [6.07, 6.45) is 4.37. The summed E-state index contributed by atoms with van der Waals surface area (Å²) >= 11 is 0. The summed E-state index contributed by atoms with van der Waals surface area (Å²) in [6.45, 7) is 5.37. The molecule has 1 aromatic carbocycles. The van der Waals surface area contributed by atoms with E-state index in [-0.39, 0.29) is 0 Å². The maximum absolute atomic E-state index is 4.61. The molecule has 0 amide bonds. The second-order valence-electron chi connectivity index (χ2n) is 5.45. The molecule has 1 fully saturated rings. The van der Waals surface area contributed by atoms with E-state index in [2.05, 4.69) is 52.1 Å². The van der Waals surface area contributed by atoms with Crippen molar-refractivity contribution in [1.82, 2.24) is 14.9 Å². The lowest BCUT2D eigenvalue weighted by Crippen LogP contribution is -2.14. The van der Waals surface area contributed by atoms with E-state index in [0.717, 1.165) is 32.0 Å². The molecule has 0 spiro atoms. The summed E-state index contributed by atoms with van der Waals surface area (Å²) < 4.78 is 2.35. The van der Waals surface area contributed by atoms with Gasteiger partial charge in [-0.05, 0) is 37.9 Å². The maximum atomic E-state index is 4.61. The van der Waals surface area contributed by atoms with Gasteiger partial charge in [-0.1, -0.05) is 30.3 Å². The number of imidazole rings is 1. The van der Waals surface area contributed by atoms with Crippen molar-refractivity contribution in [3.63, 3.8) is 0 Å². The molecular formula is C16H21N3. The van der Waals surface area contributed by atoms with Crippen molar-refractivity contribution in [2.24, 2.45) is 5.92 Å². The van der Waals surface area contributed by atoms with E-state index in [9.17, 15) is 0 Å². The third kappa shape index (κ3) is 2.87. The monoisotopic (exact) mass is 255 g/mol. The van der Waals surface area contributed by atoms with Gasteiger partial charge in [0.05, 0.1) is 0 Å². The first-order chi connectivity index (χ1) is 9.33. The van der Waals surface area contributed by atoms with Gasteiger partial charge >= 0.3 is 0 Å². The third-order valence-electron chi connectivity index (χ3n) is 3.95. The highest BCUT2D eigenvalue weighted by molar-refractivity contribution is 5.17. The summed E-state index contributed by atoms with van der Waals surface area (Å²) in [5, 5.41) is 3.43. The van der Waals surface area contributed by atoms with Gasteiger partial charge in [0.2, 0.25) is 0 Å². The van der Waals surface area contributed by atoms with Gasteiger partial charge in [0, 0.05) is 24.9 Å². The van der Waals surface area contributed by atoms with Crippen molar-refractivity contribution in [3.05, 3.63) is 53.6 Å². The molecule has 0 unspecified atom stereocenters. The number of hydrogen-bond donors (Lipinski definition) is 1. The van der Waals surface area contributed by atoms with Crippen LogP contribution in [0.2, 0.25) is 0 Å². The van der Waals surface area contributed by atoms with Crippen LogP contribution in [0.25, 0.3) is 0 Å². The minimum absolute atomic E-state index is 0.747. The number of aryl methyl sites for hydroxylation is 1. The van der Waals surface area contributed by atoms with Crippen LogP contribution in [-0.2, 0) is 13.0 Å². The molecule has 0 saturated carbocycles. The molecule has 2 aromatic rings. The molecule has 1 atom stereocenters. The fourth-order valence-electron chi connectivity index (χ4n) is 2.80. The SMILES string of the molecule is Cc1cnc(C[C@@H]2CCNC2)n1Cc1ccccc1. The minimum Gasteiger partial charge on any atom is -0.328 e. The number of rotatable bonds is 4. The molecule has 1 aliphatic heterocycles. The standard InChI is InChI=1S/C16H21N3/c1-13-10-18-16(9-15-7-8-17-11-15)19(13)12-14-5-3-2-4-6-14/h2-6,10,15,17H,7-9,11-12H2,1H3/t15-/m0/s1. The van der Waals surface area contributed by atoms with Crippen LogP contribution in [0.15, 0.2) is 36.5 Å². The first kappa shape index (κ1) is 12.4. The van der Waals surface area contributed by atoms with E-state index in [1.807, 2.05) is 6.20 Å². The van der Waals surface area contributed by atoms with Gasteiger partial charge in [-0.3, -0.25) is 0 Å². The molecule has 3 nitrogen and oxygen atoms in total. The average molecular weight is 255 g/mol. The first-order valence-corrected chi connectivity index (χ1v) is 7.08. The Morgan fingerprint density at radius 2 is 2.16 bits per heavy atom. The first-order valence-electron chi connectivity index (χ1n) is 7.08. The molecule has 100 valence electrons. The van der Waals surface area contributed by atoms with Gasteiger partial charge in [0.1, 0.15) is 5.82 Å². The molecule has 3 rings (SSSR count). The highest BCUT2D eigenvalue weighted by Gasteiger charge is 2.18. The summed E-state index contributed by atoms with van der Waals surface area (Å²) in [4.78, 5) is 4.61. The molecular weight excluding hydrogens is 234 g/mol. The Labute approximate surface area is 114 Å². The lowest BCUT2D eigenvalue weighted by Gasteiger charge is -2.13. The Morgan fingerprint density at radius 3 is 2.89 bits per heavy atom. The van der Waals surface area contributed by atoms with E-state index in [4.69, 9.17) is 0 Å². The Kier molecular flexibility index (Phi) is 3.65. The molecule has 2 heterocycles. The van der Waals surface area contributed by atoms with Crippen LogP contribution in [0.4, 0.5) is 0 Å². The quantitative estimate of drug-likeness (QED) is 0.909. The van der Waals surface area contributed by atoms with Gasteiger partial charge in [0.15, 0.2) is 0 Å². The minimum atomic E-state index is 0.747. The van der Waals surface area contributed by atoms with Gasteiger partial charge in [-0.2, -0.15) is 0 Å². The smallest absolute Gasteiger partial charge is 0.109 e. The van der Waals surface area contributed by atoms with Gasteiger partial charge in [-0.15, -0.1) is 0 Å².